The molecule has 1 heterocycles. The van der Waals surface area contributed by atoms with Crippen LogP contribution in [0.1, 0.15) is 10.4 Å². The molecule has 2 aromatic rings. The second-order valence-electron chi connectivity index (χ2n) is 3.09. The van der Waals surface area contributed by atoms with E-state index in [-0.39, 0.29) is 5.56 Å². The van der Waals surface area contributed by atoms with E-state index < -0.39 is 11.6 Å². The minimum Gasteiger partial charge on any atom is -0.465 e. The monoisotopic (exact) mass is 282 g/mol. The van der Waals surface area contributed by atoms with E-state index in [1.54, 1.807) is 18.2 Å². The van der Waals surface area contributed by atoms with Crippen molar-refractivity contribution in [1.82, 2.24) is 0 Å². The van der Waals surface area contributed by atoms with Crippen LogP contribution in [0.5, 0.6) is 0 Å². The molecular weight excluding hydrogens is 276 g/mol. The number of ether oxygens (including phenoxy) is 1. The Labute approximate surface area is 99.0 Å². The third-order valence-electron chi connectivity index (χ3n) is 2.13. The fourth-order valence-electron chi connectivity index (χ4n) is 1.43. The van der Waals surface area contributed by atoms with E-state index in [4.69, 9.17) is 4.42 Å². The number of esters is 1. The van der Waals surface area contributed by atoms with Crippen molar-refractivity contribution in [2.75, 3.05) is 7.11 Å². The minimum absolute atomic E-state index is 0.204. The van der Waals surface area contributed by atoms with E-state index in [1.807, 2.05) is 0 Å². The van der Waals surface area contributed by atoms with Gasteiger partial charge in [-0.2, -0.15) is 0 Å². The lowest BCUT2D eigenvalue weighted by Gasteiger charge is -2.03. The van der Waals surface area contributed by atoms with Crippen LogP contribution in [0.25, 0.3) is 11.0 Å². The van der Waals surface area contributed by atoms with Gasteiger partial charge in [0.15, 0.2) is 5.58 Å². The highest BCUT2D eigenvalue weighted by atomic mass is 79.9. The summed E-state index contributed by atoms with van der Waals surface area (Å²) in [5.74, 6) is -0.559. The molecular formula is C11H7BrO4. The van der Waals surface area contributed by atoms with E-state index >= 15 is 0 Å². The summed E-state index contributed by atoms with van der Waals surface area (Å²) in [7, 11) is 1.26. The molecule has 0 saturated heterocycles. The fourth-order valence-corrected chi connectivity index (χ4v) is 1.88. The summed E-state index contributed by atoms with van der Waals surface area (Å²) >= 11 is 3.25. The minimum atomic E-state index is -0.584. The summed E-state index contributed by atoms with van der Waals surface area (Å²) in [4.78, 5) is 22.8. The first-order valence-corrected chi connectivity index (χ1v) is 5.23. The van der Waals surface area contributed by atoms with Crippen LogP contribution in [0.15, 0.2) is 37.9 Å². The summed E-state index contributed by atoms with van der Waals surface area (Å²) in [5.41, 5.74) is -0.0368. The zero-order valence-corrected chi connectivity index (χ0v) is 9.91. The zero-order chi connectivity index (χ0) is 11.7. The highest BCUT2D eigenvalue weighted by molar-refractivity contribution is 9.10. The molecule has 0 bridgehead atoms. The first-order valence-electron chi connectivity index (χ1n) is 4.44. The maximum absolute atomic E-state index is 11.5. The Hall–Kier alpha value is -1.62. The van der Waals surface area contributed by atoms with Crippen LogP contribution in [-0.2, 0) is 4.74 Å². The van der Waals surface area contributed by atoms with Crippen molar-refractivity contribution in [3.8, 4) is 0 Å². The Kier molecular flexibility index (Phi) is 2.78. The predicted molar refractivity (Wildman–Crippen MR) is 61.5 cm³/mol. The van der Waals surface area contributed by atoms with Gasteiger partial charge in [0.1, 0.15) is 0 Å². The molecule has 2 rings (SSSR count). The molecule has 0 amide bonds. The number of rotatable bonds is 1. The van der Waals surface area contributed by atoms with Gasteiger partial charge in [-0.3, -0.25) is 0 Å². The first kappa shape index (κ1) is 10.9. The van der Waals surface area contributed by atoms with Crippen LogP contribution in [0, 0.1) is 0 Å². The molecule has 0 unspecified atom stereocenters. The van der Waals surface area contributed by atoms with Gasteiger partial charge in [0.25, 0.3) is 0 Å². The van der Waals surface area contributed by atoms with Gasteiger partial charge in [-0.25, -0.2) is 9.59 Å². The highest BCUT2D eigenvalue weighted by Crippen LogP contribution is 2.25. The van der Waals surface area contributed by atoms with Gasteiger partial charge in [-0.15, -0.1) is 0 Å². The number of fused-ring (bicyclic) bond motifs is 1. The third-order valence-corrected chi connectivity index (χ3v) is 2.75. The maximum atomic E-state index is 11.5. The average Bonchev–Trinajstić information content (AvgIpc) is 2.28. The average molecular weight is 283 g/mol. The van der Waals surface area contributed by atoms with Gasteiger partial charge in [-0.1, -0.05) is 12.1 Å². The maximum Gasteiger partial charge on any atom is 0.338 e. The lowest BCUT2D eigenvalue weighted by molar-refractivity contribution is 0.0602. The SMILES string of the molecule is COC(=O)c1cc(=O)oc2c(Br)cccc12. The molecule has 0 aliphatic rings. The number of para-hydroxylation sites is 1. The van der Waals surface area contributed by atoms with Crippen LogP contribution in [-0.4, -0.2) is 13.1 Å². The van der Waals surface area contributed by atoms with Crippen LogP contribution in [0.4, 0.5) is 0 Å². The second-order valence-corrected chi connectivity index (χ2v) is 3.94. The smallest absolute Gasteiger partial charge is 0.338 e. The second kappa shape index (κ2) is 4.09. The quantitative estimate of drug-likeness (QED) is 0.595. The van der Waals surface area contributed by atoms with Crippen molar-refractivity contribution in [1.29, 1.82) is 0 Å². The largest absolute Gasteiger partial charge is 0.465 e. The number of methoxy groups -OCH3 is 1. The molecule has 0 radical (unpaired) electrons. The number of halogens is 1. The van der Waals surface area contributed by atoms with Crippen LogP contribution in [0.2, 0.25) is 0 Å². The lowest BCUT2D eigenvalue weighted by atomic mass is 10.1. The summed E-state index contributed by atoms with van der Waals surface area (Å²) in [5, 5.41) is 0.542. The molecule has 0 atom stereocenters. The summed E-state index contributed by atoms with van der Waals surface area (Å²) in [6, 6.07) is 6.29. The van der Waals surface area contributed by atoms with Crippen LogP contribution < -0.4 is 5.63 Å². The van der Waals surface area contributed by atoms with Crippen molar-refractivity contribution >= 4 is 32.9 Å². The van der Waals surface area contributed by atoms with Gasteiger partial charge in [-0.05, 0) is 22.0 Å². The van der Waals surface area contributed by atoms with E-state index in [9.17, 15) is 9.59 Å². The molecule has 0 N–H and O–H groups in total. The standard InChI is InChI=1S/C11H7BrO4/c1-15-11(14)7-5-9(13)16-10-6(7)3-2-4-8(10)12/h2-5H,1H3. The van der Waals surface area contributed by atoms with Gasteiger partial charge >= 0.3 is 11.6 Å². The number of hydrogen-bond acceptors (Lipinski definition) is 4. The van der Waals surface area contributed by atoms with Gasteiger partial charge in [0.2, 0.25) is 0 Å². The van der Waals surface area contributed by atoms with E-state index in [0.29, 0.717) is 15.4 Å². The molecule has 0 fully saturated rings. The lowest BCUT2D eigenvalue weighted by Crippen LogP contribution is -2.08. The number of carbonyl (C=O) groups excluding carboxylic acids is 1. The van der Waals surface area contributed by atoms with Gasteiger partial charge < -0.3 is 9.15 Å². The Morgan fingerprint density at radius 1 is 1.44 bits per heavy atom. The number of carbonyl (C=O) groups is 1. The fraction of sp³-hybridized carbons (Fsp3) is 0.0909. The molecule has 82 valence electrons. The van der Waals surface area contributed by atoms with Crippen molar-refractivity contribution in [2.45, 2.75) is 0 Å². The Balaban J connectivity index is 2.88. The predicted octanol–water partition coefficient (Wildman–Crippen LogP) is 2.34. The molecule has 0 aliphatic carbocycles. The molecule has 5 heteroatoms. The van der Waals surface area contributed by atoms with Crippen molar-refractivity contribution in [3.63, 3.8) is 0 Å². The van der Waals surface area contributed by atoms with E-state index in [0.717, 1.165) is 6.07 Å². The molecule has 16 heavy (non-hydrogen) atoms. The molecule has 1 aromatic heterocycles. The van der Waals surface area contributed by atoms with Crippen molar-refractivity contribution in [3.05, 3.63) is 44.7 Å². The molecule has 0 spiro atoms. The summed E-state index contributed by atoms with van der Waals surface area (Å²) in [6.07, 6.45) is 0. The third kappa shape index (κ3) is 1.74. The Morgan fingerprint density at radius 3 is 2.88 bits per heavy atom. The van der Waals surface area contributed by atoms with E-state index in [1.165, 1.54) is 7.11 Å². The number of benzene rings is 1. The highest BCUT2D eigenvalue weighted by Gasteiger charge is 2.14. The molecule has 0 aliphatic heterocycles. The Morgan fingerprint density at radius 2 is 2.19 bits per heavy atom. The van der Waals surface area contributed by atoms with Crippen molar-refractivity contribution < 1.29 is 13.9 Å². The van der Waals surface area contributed by atoms with Crippen LogP contribution in [0.3, 0.4) is 0 Å². The summed E-state index contributed by atoms with van der Waals surface area (Å²) < 4.78 is 10.2. The van der Waals surface area contributed by atoms with Gasteiger partial charge in [0, 0.05) is 11.5 Å². The summed E-state index contributed by atoms with van der Waals surface area (Å²) in [6.45, 7) is 0. The first-order chi connectivity index (χ1) is 7.63. The topological polar surface area (TPSA) is 56.5 Å². The molecule has 4 nitrogen and oxygen atoms in total. The van der Waals surface area contributed by atoms with Crippen molar-refractivity contribution in [2.24, 2.45) is 0 Å². The van der Waals surface area contributed by atoms with Crippen LogP contribution >= 0.6 is 15.9 Å². The van der Waals surface area contributed by atoms with Gasteiger partial charge in [0.05, 0.1) is 17.1 Å². The number of hydrogen-bond donors (Lipinski definition) is 0. The van der Waals surface area contributed by atoms with E-state index in [2.05, 4.69) is 20.7 Å². The zero-order valence-electron chi connectivity index (χ0n) is 8.32. The molecule has 1 aromatic carbocycles. The Bertz CT molecular complexity index is 615. The normalized spacial score (nSPS) is 10.4. The molecule has 0 saturated carbocycles.